The molecular weight excluding hydrogens is 549 g/mol. The largest absolute Gasteiger partial charge is 0.506 e. The van der Waals surface area contributed by atoms with Crippen LogP contribution in [0, 0.1) is 13.1 Å². The maximum atomic E-state index is 10.5. The summed E-state index contributed by atoms with van der Waals surface area (Å²) >= 11 is 4.61. The van der Waals surface area contributed by atoms with Crippen molar-refractivity contribution in [1.29, 1.82) is 0 Å². The maximum Gasteiger partial charge on any atom is 0.133 e. The van der Waals surface area contributed by atoms with Gasteiger partial charge in [-0.25, -0.2) is 0 Å². The molecule has 2 aliphatic rings. The summed E-state index contributed by atoms with van der Waals surface area (Å²) in [6, 6.07) is 4.63. The van der Waals surface area contributed by atoms with Gasteiger partial charge in [-0.3, -0.25) is 4.90 Å². The number of hydrogen-bond donors (Lipinski definition) is 2. The molecule has 2 N–H and O–H groups in total. The monoisotopic (exact) mass is 570 g/mol. The third kappa shape index (κ3) is 4.53. The Morgan fingerprint density at radius 1 is 1.14 bits per heavy atom. The Kier molecular flexibility index (Phi) is 9.04. The van der Waals surface area contributed by atoms with Gasteiger partial charge < -0.3 is 10.4 Å². The van der Waals surface area contributed by atoms with Crippen molar-refractivity contribution in [2.45, 2.75) is 25.3 Å². The Morgan fingerprint density at radius 3 is 2.32 bits per heavy atom. The molecule has 0 radical (unpaired) electrons. The second-order valence-corrected chi connectivity index (χ2v) is 8.16. The molecule has 1 aromatic rings. The van der Waals surface area contributed by atoms with E-state index >= 15 is 0 Å². The minimum absolute atomic E-state index is 0. The van der Waals surface area contributed by atoms with Gasteiger partial charge >= 0.3 is 0 Å². The molecule has 1 aliphatic carbocycles. The van der Waals surface area contributed by atoms with Crippen LogP contribution in [0.15, 0.2) is 12.1 Å². The predicted octanol–water partition coefficient (Wildman–Crippen LogP) is 4.19. The van der Waals surface area contributed by atoms with E-state index in [1.165, 1.54) is 22.8 Å². The van der Waals surface area contributed by atoms with E-state index in [0.29, 0.717) is 17.7 Å². The molecule has 1 heterocycles. The molecule has 126 valence electrons. The molecule has 7 heteroatoms. The Morgan fingerprint density at radius 2 is 1.77 bits per heavy atom. The molecule has 1 aliphatic heterocycles. The Bertz CT molecular complexity index is 495. The molecule has 1 atom stereocenters. The number of nitrogens with zero attached hydrogens (tertiary/aromatic N) is 1. The van der Waals surface area contributed by atoms with Crippen LogP contribution >= 0.6 is 70.0 Å². The van der Waals surface area contributed by atoms with Crippen molar-refractivity contribution in [1.82, 2.24) is 10.2 Å². The summed E-state index contributed by atoms with van der Waals surface area (Å²) < 4.78 is 2.20. The van der Waals surface area contributed by atoms with Crippen LogP contribution in [0.4, 0.5) is 0 Å². The molecule has 22 heavy (non-hydrogen) atoms. The number of piperazine rings is 1. The molecule has 1 aromatic carbocycles. The van der Waals surface area contributed by atoms with Gasteiger partial charge in [-0.1, -0.05) is 6.42 Å². The standard InChI is InChI=1S/C15H20I2N2O.2ClH/c16-11-8-12(15(20)13(17)9-11)14(10-2-1-3-10)19-6-4-18-5-7-19;;/h8-10,14,18,20H,1-7H2;2*1H/t14-;;/m0../s1. The van der Waals surface area contributed by atoms with Crippen LogP contribution in [0.3, 0.4) is 0 Å². The topological polar surface area (TPSA) is 35.5 Å². The number of halogens is 4. The van der Waals surface area contributed by atoms with E-state index in [0.717, 1.165) is 35.3 Å². The lowest BCUT2D eigenvalue weighted by atomic mass is 9.76. The molecule has 0 amide bonds. The summed E-state index contributed by atoms with van der Waals surface area (Å²) in [4.78, 5) is 2.57. The van der Waals surface area contributed by atoms with Crippen molar-refractivity contribution in [3.05, 3.63) is 24.8 Å². The van der Waals surface area contributed by atoms with E-state index in [9.17, 15) is 5.11 Å². The van der Waals surface area contributed by atoms with Crippen LogP contribution in [-0.2, 0) is 0 Å². The Hall–Kier alpha value is 0.980. The van der Waals surface area contributed by atoms with Crippen LogP contribution in [0.1, 0.15) is 30.9 Å². The highest BCUT2D eigenvalue weighted by Gasteiger charge is 2.35. The van der Waals surface area contributed by atoms with E-state index in [1.54, 1.807) is 0 Å². The second kappa shape index (κ2) is 9.46. The van der Waals surface area contributed by atoms with Crippen LogP contribution in [0.25, 0.3) is 0 Å². The highest BCUT2D eigenvalue weighted by molar-refractivity contribution is 14.1. The molecule has 1 saturated heterocycles. The number of hydrogen-bond acceptors (Lipinski definition) is 3. The van der Waals surface area contributed by atoms with E-state index in [4.69, 9.17) is 0 Å². The Balaban J connectivity index is 0.00000121. The Labute approximate surface area is 172 Å². The summed E-state index contributed by atoms with van der Waals surface area (Å²) in [5.41, 5.74) is 1.15. The highest BCUT2D eigenvalue weighted by atomic mass is 127. The quantitative estimate of drug-likeness (QED) is 0.535. The number of phenolic OH excluding ortho intramolecular Hbond substituents is 1. The normalized spacial score (nSPS) is 20.5. The van der Waals surface area contributed by atoms with Crippen LogP contribution in [0.5, 0.6) is 5.75 Å². The lowest BCUT2D eigenvalue weighted by Crippen LogP contribution is -2.47. The zero-order valence-electron chi connectivity index (χ0n) is 12.2. The summed E-state index contributed by atoms with van der Waals surface area (Å²) in [6.07, 6.45) is 3.95. The zero-order valence-corrected chi connectivity index (χ0v) is 18.2. The minimum atomic E-state index is 0. The second-order valence-electron chi connectivity index (χ2n) is 5.75. The number of benzene rings is 1. The molecular formula is C15H22Cl2I2N2O. The van der Waals surface area contributed by atoms with E-state index in [2.05, 4.69) is 67.5 Å². The van der Waals surface area contributed by atoms with Crippen molar-refractivity contribution < 1.29 is 5.11 Å². The molecule has 0 bridgehead atoms. The third-order valence-electron chi connectivity index (χ3n) is 4.52. The first-order valence-corrected chi connectivity index (χ1v) is 9.45. The first-order valence-electron chi connectivity index (χ1n) is 7.29. The lowest BCUT2D eigenvalue weighted by Gasteiger charge is -2.43. The van der Waals surface area contributed by atoms with Gasteiger partial charge in [0.1, 0.15) is 5.75 Å². The molecule has 3 nitrogen and oxygen atoms in total. The van der Waals surface area contributed by atoms with Crippen molar-refractivity contribution in [2.75, 3.05) is 26.2 Å². The molecule has 1 saturated carbocycles. The summed E-state index contributed by atoms with van der Waals surface area (Å²) in [5.74, 6) is 1.22. The molecule has 0 aromatic heterocycles. The average molecular weight is 571 g/mol. The zero-order chi connectivity index (χ0) is 14.1. The predicted molar refractivity (Wildman–Crippen MR) is 113 cm³/mol. The third-order valence-corrected chi connectivity index (χ3v) is 5.96. The van der Waals surface area contributed by atoms with Gasteiger partial charge in [-0.15, -0.1) is 24.8 Å². The fourth-order valence-electron chi connectivity index (χ4n) is 3.28. The summed E-state index contributed by atoms with van der Waals surface area (Å²) in [7, 11) is 0. The van der Waals surface area contributed by atoms with Gasteiger partial charge in [0, 0.05) is 41.4 Å². The van der Waals surface area contributed by atoms with Crippen molar-refractivity contribution in [3.8, 4) is 5.75 Å². The molecule has 2 fully saturated rings. The van der Waals surface area contributed by atoms with Crippen molar-refractivity contribution in [3.63, 3.8) is 0 Å². The summed E-state index contributed by atoms with van der Waals surface area (Å²) in [6.45, 7) is 4.29. The van der Waals surface area contributed by atoms with Gasteiger partial charge in [0.15, 0.2) is 0 Å². The van der Waals surface area contributed by atoms with Gasteiger partial charge in [0.05, 0.1) is 3.57 Å². The van der Waals surface area contributed by atoms with Crippen LogP contribution < -0.4 is 5.32 Å². The van der Waals surface area contributed by atoms with E-state index in [-0.39, 0.29) is 24.8 Å². The summed E-state index contributed by atoms with van der Waals surface area (Å²) in [5, 5.41) is 14.0. The first-order chi connectivity index (χ1) is 9.66. The van der Waals surface area contributed by atoms with Crippen LogP contribution in [0.2, 0.25) is 0 Å². The number of phenols is 1. The molecule has 3 rings (SSSR count). The van der Waals surface area contributed by atoms with E-state index in [1.807, 2.05) is 0 Å². The first kappa shape index (κ1) is 21.0. The SMILES string of the molecule is Cl.Cl.Oc1c(I)cc(I)cc1[C@H](C1CCC1)N1CCNCC1. The lowest BCUT2D eigenvalue weighted by molar-refractivity contribution is 0.0818. The highest BCUT2D eigenvalue weighted by Crippen LogP contribution is 2.45. The number of rotatable bonds is 3. The molecule has 0 spiro atoms. The molecule has 0 unspecified atom stereocenters. The maximum absolute atomic E-state index is 10.5. The fourth-order valence-corrected chi connectivity index (χ4v) is 5.17. The number of aromatic hydroxyl groups is 1. The van der Waals surface area contributed by atoms with Gasteiger partial charge in [0.25, 0.3) is 0 Å². The fraction of sp³-hybridized carbons (Fsp3) is 0.600. The number of nitrogens with one attached hydrogen (secondary N) is 1. The van der Waals surface area contributed by atoms with Crippen LogP contribution in [-0.4, -0.2) is 36.2 Å². The van der Waals surface area contributed by atoms with Gasteiger partial charge in [0.2, 0.25) is 0 Å². The smallest absolute Gasteiger partial charge is 0.133 e. The van der Waals surface area contributed by atoms with Gasteiger partial charge in [-0.2, -0.15) is 0 Å². The van der Waals surface area contributed by atoms with Crippen molar-refractivity contribution >= 4 is 70.0 Å². The van der Waals surface area contributed by atoms with Gasteiger partial charge in [-0.05, 0) is 76.1 Å². The minimum Gasteiger partial charge on any atom is -0.506 e. The van der Waals surface area contributed by atoms with Crippen molar-refractivity contribution in [2.24, 2.45) is 5.92 Å². The average Bonchev–Trinajstić information content (AvgIpc) is 2.39. The van der Waals surface area contributed by atoms with E-state index < -0.39 is 0 Å².